The van der Waals surface area contributed by atoms with E-state index in [0.29, 0.717) is 6.42 Å². The number of carbonyl (C=O) groups is 1. The zero-order valence-electron chi connectivity index (χ0n) is 9.71. The molecule has 17 heavy (non-hydrogen) atoms. The maximum atomic E-state index is 11.5. The zero-order valence-corrected chi connectivity index (χ0v) is 9.71. The highest BCUT2D eigenvalue weighted by Gasteiger charge is 2.05. The Hall–Kier alpha value is -2.11. The van der Waals surface area contributed by atoms with E-state index < -0.39 is 17.1 Å². The summed E-state index contributed by atoms with van der Waals surface area (Å²) in [5, 5.41) is 8.80. The summed E-state index contributed by atoms with van der Waals surface area (Å²) in [6.07, 6.45) is 4.72. The fourth-order valence-corrected chi connectivity index (χ4v) is 1.32. The maximum absolute atomic E-state index is 11.5. The van der Waals surface area contributed by atoms with Crippen molar-refractivity contribution in [2.75, 3.05) is 0 Å². The van der Waals surface area contributed by atoms with Gasteiger partial charge in [0.05, 0.1) is 0 Å². The molecule has 0 unspecified atom stereocenters. The van der Waals surface area contributed by atoms with Crippen LogP contribution in [0.3, 0.4) is 0 Å². The Morgan fingerprint density at radius 1 is 1.35 bits per heavy atom. The summed E-state index contributed by atoms with van der Waals surface area (Å²) >= 11 is 0. The van der Waals surface area contributed by atoms with Gasteiger partial charge in [0.15, 0.2) is 0 Å². The second-order valence-corrected chi connectivity index (χ2v) is 3.56. The van der Waals surface area contributed by atoms with Gasteiger partial charge in [0, 0.05) is 31.6 Å². The minimum atomic E-state index is -1.01. The lowest BCUT2D eigenvalue weighted by atomic mass is 10.2. The van der Waals surface area contributed by atoms with Crippen LogP contribution in [0.15, 0.2) is 33.6 Å². The van der Waals surface area contributed by atoms with Gasteiger partial charge in [0.25, 0.3) is 0 Å². The number of allylic oxidation sites excluding steroid dienone is 1. The fourth-order valence-electron chi connectivity index (χ4n) is 1.32. The first-order valence-electron chi connectivity index (χ1n) is 5.15. The van der Waals surface area contributed by atoms with Crippen molar-refractivity contribution in [3.63, 3.8) is 0 Å². The van der Waals surface area contributed by atoms with Crippen LogP contribution in [0.5, 0.6) is 0 Å². The largest absolute Gasteiger partial charge is 0.478 e. The van der Waals surface area contributed by atoms with Gasteiger partial charge in [-0.25, -0.2) is 4.79 Å². The van der Waals surface area contributed by atoms with E-state index in [1.165, 1.54) is 34.7 Å². The lowest BCUT2D eigenvalue weighted by Crippen LogP contribution is -2.39. The van der Waals surface area contributed by atoms with Gasteiger partial charge in [0.1, 0.15) is 0 Å². The van der Waals surface area contributed by atoms with Gasteiger partial charge in [-0.3, -0.25) is 9.59 Å². The standard InChI is InChI=1S/C11H14N2O4/c1-3-8(11(16)17)4-5-13-7-6-12(2)9(14)10(13)15/h4,6-7H,3,5H2,1-2H3,(H,16,17). The molecule has 0 aliphatic carbocycles. The molecule has 0 aromatic carbocycles. The molecule has 0 atom stereocenters. The number of carboxylic acid groups (broad SMARTS) is 1. The molecule has 1 heterocycles. The molecule has 1 aromatic heterocycles. The van der Waals surface area contributed by atoms with Crippen molar-refractivity contribution in [2.24, 2.45) is 7.05 Å². The van der Waals surface area contributed by atoms with Crippen LogP contribution in [0.25, 0.3) is 0 Å². The molecule has 92 valence electrons. The molecule has 0 aliphatic rings. The highest BCUT2D eigenvalue weighted by Crippen LogP contribution is 2.00. The summed E-state index contributed by atoms with van der Waals surface area (Å²) in [5.41, 5.74) is -1.07. The number of aromatic nitrogens is 2. The van der Waals surface area contributed by atoms with E-state index in [4.69, 9.17) is 5.11 Å². The molecule has 1 aromatic rings. The van der Waals surface area contributed by atoms with Gasteiger partial charge in [-0.2, -0.15) is 0 Å². The maximum Gasteiger partial charge on any atom is 0.331 e. The molecule has 1 rings (SSSR count). The molecule has 0 amide bonds. The van der Waals surface area contributed by atoms with Gasteiger partial charge in [-0.15, -0.1) is 0 Å². The molecule has 6 nitrogen and oxygen atoms in total. The van der Waals surface area contributed by atoms with Gasteiger partial charge >= 0.3 is 17.1 Å². The molecule has 0 saturated heterocycles. The summed E-state index contributed by atoms with van der Waals surface area (Å²) < 4.78 is 2.36. The number of aliphatic carboxylic acids is 1. The van der Waals surface area contributed by atoms with E-state index in [-0.39, 0.29) is 12.1 Å². The molecule has 6 heteroatoms. The van der Waals surface area contributed by atoms with Crippen LogP contribution in [-0.4, -0.2) is 20.2 Å². The molecular formula is C11H14N2O4. The number of rotatable bonds is 4. The van der Waals surface area contributed by atoms with E-state index in [1.54, 1.807) is 6.92 Å². The summed E-state index contributed by atoms with van der Waals surface area (Å²) in [5.74, 6) is -1.01. The zero-order chi connectivity index (χ0) is 13.0. The van der Waals surface area contributed by atoms with Crippen LogP contribution in [0.1, 0.15) is 13.3 Å². The van der Waals surface area contributed by atoms with Crippen LogP contribution in [0, 0.1) is 0 Å². The normalized spacial score (nSPS) is 11.5. The third kappa shape index (κ3) is 2.93. The second kappa shape index (κ2) is 5.29. The van der Waals surface area contributed by atoms with Crippen LogP contribution < -0.4 is 11.1 Å². The van der Waals surface area contributed by atoms with Gasteiger partial charge in [-0.1, -0.05) is 13.0 Å². The number of aryl methyl sites for hydroxylation is 1. The Morgan fingerprint density at radius 3 is 2.53 bits per heavy atom. The van der Waals surface area contributed by atoms with Gasteiger partial charge < -0.3 is 14.2 Å². The number of nitrogens with zero attached hydrogens (tertiary/aromatic N) is 2. The Bertz CT molecular complexity index is 566. The van der Waals surface area contributed by atoms with Crippen LogP contribution in [-0.2, 0) is 18.4 Å². The van der Waals surface area contributed by atoms with Crippen molar-refractivity contribution in [3.05, 3.63) is 44.8 Å². The quantitative estimate of drug-likeness (QED) is 0.590. The minimum absolute atomic E-state index is 0.0877. The fraction of sp³-hybridized carbons (Fsp3) is 0.364. The van der Waals surface area contributed by atoms with Crippen molar-refractivity contribution >= 4 is 5.97 Å². The van der Waals surface area contributed by atoms with E-state index in [0.717, 1.165) is 0 Å². The Balaban J connectivity index is 3.06. The monoisotopic (exact) mass is 238 g/mol. The van der Waals surface area contributed by atoms with Crippen LogP contribution in [0.4, 0.5) is 0 Å². The summed E-state index contributed by atoms with van der Waals surface area (Å²) in [6, 6.07) is 0. The Labute approximate surface area is 97.4 Å². The predicted molar refractivity (Wildman–Crippen MR) is 62.0 cm³/mol. The first kappa shape index (κ1) is 13.0. The minimum Gasteiger partial charge on any atom is -0.478 e. The summed E-state index contributed by atoms with van der Waals surface area (Å²) in [6.45, 7) is 1.80. The number of hydrogen-bond acceptors (Lipinski definition) is 3. The van der Waals surface area contributed by atoms with Crippen molar-refractivity contribution in [1.82, 2.24) is 9.13 Å². The number of carboxylic acids is 1. The molecular weight excluding hydrogens is 224 g/mol. The van der Waals surface area contributed by atoms with Crippen molar-refractivity contribution in [3.8, 4) is 0 Å². The van der Waals surface area contributed by atoms with E-state index in [1.807, 2.05) is 0 Å². The molecule has 0 aliphatic heterocycles. The topological polar surface area (TPSA) is 81.3 Å². The van der Waals surface area contributed by atoms with Crippen LogP contribution >= 0.6 is 0 Å². The first-order valence-corrected chi connectivity index (χ1v) is 5.15. The average molecular weight is 238 g/mol. The Morgan fingerprint density at radius 2 is 2.00 bits per heavy atom. The van der Waals surface area contributed by atoms with Crippen molar-refractivity contribution in [2.45, 2.75) is 19.9 Å². The highest BCUT2D eigenvalue weighted by molar-refractivity contribution is 5.86. The van der Waals surface area contributed by atoms with Gasteiger partial charge in [0.2, 0.25) is 0 Å². The van der Waals surface area contributed by atoms with Gasteiger partial charge in [-0.05, 0) is 6.42 Å². The molecule has 0 saturated carbocycles. The lowest BCUT2D eigenvalue weighted by Gasteiger charge is -2.03. The average Bonchev–Trinajstić information content (AvgIpc) is 2.29. The van der Waals surface area contributed by atoms with Crippen molar-refractivity contribution in [1.29, 1.82) is 0 Å². The van der Waals surface area contributed by atoms with Crippen molar-refractivity contribution < 1.29 is 9.90 Å². The number of hydrogen-bond donors (Lipinski definition) is 1. The third-order valence-electron chi connectivity index (χ3n) is 2.42. The molecule has 0 radical (unpaired) electrons. The summed E-state index contributed by atoms with van der Waals surface area (Å²) in [7, 11) is 1.48. The molecule has 0 fully saturated rings. The smallest absolute Gasteiger partial charge is 0.331 e. The highest BCUT2D eigenvalue weighted by atomic mass is 16.4. The Kier molecular flexibility index (Phi) is 4.03. The molecule has 0 bridgehead atoms. The lowest BCUT2D eigenvalue weighted by molar-refractivity contribution is -0.132. The van der Waals surface area contributed by atoms with E-state index >= 15 is 0 Å². The molecule has 1 N–H and O–H groups in total. The SMILES string of the molecule is CCC(=CCn1ccn(C)c(=O)c1=O)C(=O)O. The van der Waals surface area contributed by atoms with E-state index in [9.17, 15) is 14.4 Å². The molecule has 0 spiro atoms. The third-order valence-corrected chi connectivity index (χ3v) is 2.42. The first-order chi connectivity index (χ1) is 7.97. The van der Waals surface area contributed by atoms with Crippen LogP contribution in [0.2, 0.25) is 0 Å². The van der Waals surface area contributed by atoms with E-state index in [2.05, 4.69) is 0 Å². The second-order valence-electron chi connectivity index (χ2n) is 3.56. The predicted octanol–water partition coefficient (Wildman–Crippen LogP) is -0.0320. The summed E-state index contributed by atoms with van der Waals surface area (Å²) in [4.78, 5) is 33.6.